The first kappa shape index (κ1) is 12.8. The van der Waals surface area contributed by atoms with Crippen LogP contribution in [0, 0.1) is 0 Å². The molecule has 0 saturated carbocycles. The van der Waals surface area contributed by atoms with E-state index in [1.807, 2.05) is 18.5 Å². The van der Waals surface area contributed by atoms with Gasteiger partial charge in [-0.15, -0.1) is 11.3 Å². The van der Waals surface area contributed by atoms with E-state index >= 15 is 0 Å². The molecular weight excluding hydrogens is 248 g/mol. The number of thiophene rings is 1. The Hall–Kier alpha value is -1.62. The van der Waals surface area contributed by atoms with Gasteiger partial charge in [-0.2, -0.15) is 5.10 Å². The molecule has 0 amide bonds. The summed E-state index contributed by atoms with van der Waals surface area (Å²) in [6.45, 7) is 2.05. The van der Waals surface area contributed by atoms with Crippen LogP contribution in [0.2, 0.25) is 0 Å². The molecule has 18 heavy (non-hydrogen) atoms. The van der Waals surface area contributed by atoms with Crippen LogP contribution >= 0.6 is 11.3 Å². The maximum Gasteiger partial charge on any atom is 0.178 e. The van der Waals surface area contributed by atoms with Gasteiger partial charge in [0.1, 0.15) is 5.75 Å². The topological polar surface area (TPSA) is 44.1 Å². The third-order valence-corrected chi connectivity index (χ3v) is 3.77. The average Bonchev–Trinajstić information content (AvgIpc) is 2.96. The number of methoxy groups -OCH3 is 1. The van der Waals surface area contributed by atoms with E-state index in [0.717, 1.165) is 28.4 Å². The summed E-state index contributed by atoms with van der Waals surface area (Å²) in [5.41, 5.74) is 1.97. The highest BCUT2D eigenvalue weighted by Crippen LogP contribution is 2.22. The van der Waals surface area contributed by atoms with Crippen LogP contribution in [0.3, 0.4) is 0 Å². The number of aromatic nitrogens is 2. The normalized spacial score (nSPS) is 10.6. The van der Waals surface area contributed by atoms with Gasteiger partial charge < -0.3 is 4.74 Å². The van der Waals surface area contributed by atoms with Crippen molar-refractivity contribution >= 4 is 17.1 Å². The van der Waals surface area contributed by atoms with E-state index < -0.39 is 0 Å². The zero-order valence-electron chi connectivity index (χ0n) is 10.8. The number of nitrogens with zero attached hydrogens (tertiary/aromatic N) is 2. The highest BCUT2D eigenvalue weighted by Gasteiger charge is 2.13. The van der Waals surface area contributed by atoms with Gasteiger partial charge in [0.15, 0.2) is 5.78 Å². The lowest BCUT2D eigenvalue weighted by Crippen LogP contribution is -2.06. The predicted molar refractivity (Wildman–Crippen MR) is 71.5 cm³/mol. The van der Waals surface area contributed by atoms with E-state index in [4.69, 9.17) is 4.74 Å². The summed E-state index contributed by atoms with van der Waals surface area (Å²) in [6, 6.07) is 3.77. The van der Waals surface area contributed by atoms with E-state index in [2.05, 4.69) is 12.0 Å². The molecule has 2 heterocycles. The molecule has 96 valence electrons. The summed E-state index contributed by atoms with van der Waals surface area (Å²) in [5.74, 6) is 0.844. The minimum atomic E-state index is 0.106. The molecule has 2 aromatic heterocycles. The van der Waals surface area contributed by atoms with Crippen LogP contribution in [0.1, 0.15) is 28.0 Å². The fourth-order valence-electron chi connectivity index (χ4n) is 1.73. The van der Waals surface area contributed by atoms with Gasteiger partial charge in [0.2, 0.25) is 0 Å². The van der Waals surface area contributed by atoms with Crippen LogP contribution in [0.5, 0.6) is 5.75 Å². The van der Waals surface area contributed by atoms with Crippen LogP contribution in [0.25, 0.3) is 0 Å². The van der Waals surface area contributed by atoms with Crippen molar-refractivity contribution in [3.05, 3.63) is 33.8 Å². The maximum atomic E-state index is 12.1. The molecule has 5 heteroatoms. The predicted octanol–water partition coefficient (Wildman–Crippen LogP) is 2.48. The lowest BCUT2D eigenvalue weighted by atomic mass is 10.2. The number of Topliss-reactive ketones (excluding diaryl/α,β-unsaturated/α-hetero) is 1. The third-order valence-electron chi connectivity index (χ3n) is 2.82. The molecule has 0 spiro atoms. The zero-order chi connectivity index (χ0) is 13.1. The fraction of sp³-hybridized carbons (Fsp3) is 0.385. The molecule has 0 aliphatic carbocycles. The number of rotatable bonds is 5. The molecule has 0 fully saturated rings. The van der Waals surface area contributed by atoms with Crippen molar-refractivity contribution in [3.63, 3.8) is 0 Å². The molecule has 0 radical (unpaired) electrons. The Bertz CT molecular complexity index is 557. The number of aryl methyl sites for hydroxylation is 2. The van der Waals surface area contributed by atoms with Crippen LogP contribution in [0.4, 0.5) is 0 Å². The Morgan fingerprint density at radius 2 is 2.28 bits per heavy atom. The molecule has 2 aromatic rings. The van der Waals surface area contributed by atoms with Crippen molar-refractivity contribution in [2.24, 2.45) is 7.05 Å². The summed E-state index contributed by atoms with van der Waals surface area (Å²) in [4.78, 5) is 12.8. The Kier molecular flexibility index (Phi) is 3.81. The van der Waals surface area contributed by atoms with Crippen molar-refractivity contribution < 1.29 is 9.53 Å². The van der Waals surface area contributed by atoms with E-state index in [-0.39, 0.29) is 5.78 Å². The summed E-state index contributed by atoms with van der Waals surface area (Å²) in [7, 11) is 3.47. The van der Waals surface area contributed by atoms with Gasteiger partial charge >= 0.3 is 0 Å². The first-order chi connectivity index (χ1) is 8.63. The van der Waals surface area contributed by atoms with Gasteiger partial charge in [0.05, 0.1) is 24.1 Å². The fourth-order valence-corrected chi connectivity index (χ4v) is 2.53. The second-order valence-electron chi connectivity index (χ2n) is 4.05. The van der Waals surface area contributed by atoms with Crippen molar-refractivity contribution in [3.8, 4) is 5.75 Å². The molecular formula is C13H16N2O2S. The summed E-state index contributed by atoms with van der Waals surface area (Å²) >= 11 is 1.42. The van der Waals surface area contributed by atoms with Crippen LogP contribution in [0.15, 0.2) is 17.5 Å². The smallest absolute Gasteiger partial charge is 0.178 e. The van der Waals surface area contributed by atoms with E-state index in [9.17, 15) is 4.79 Å². The Labute approximate surface area is 110 Å². The lowest BCUT2D eigenvalue weighted by Gasteiger charge is -1.99. The second-order valence-corrected chi connectivity index (χ2v) is 4.97. The number of hydrogen-bond donors (Lipinski definition) is 0. The highest BCUT2D eigenvalue weighted by atomic mass is 32.1. The van der Waals surface area contributed by atoms with Crippen LogP contribution in [-0.4, -0.2) is 22.7 Å². The number of carbonyl (C=O) groups excluding carboxylic acids is 1. The van der Waals surface area contributed by atoms with Crippen molar-refractivity contribution in [1.82, 2.24) is 9.78 Å². The van der Waals surface area contributed by atoms with Crippen molar-refractivity contribution in [1.29, 1.82) is 0 Å². The number of hydrogen-bond acceptors (Lipinski definition) is 4. The average molecular weight is 264 g/mol. The molecule has 0 saturated heterocycles. The number of carbonyl (C=O) groups is 1. The molecule has 4 nitrogen and oxygen atoms in total. The highest BCUT2D eigenvalue weighted by molar-refractivity contribution is 7.12. The molecule has 0 unspecified atom stereocenters. The molecule has 0 atom stereocenters. The van der Waals surface area contributed by atoms with Gasteiger partial charge in [0.25, 0.3) is 0 Å². The van der Waals surface area contributed by atoms with Crippen molar-refractivity contribution in [2.75, 3.05) is 7.11 Å². The second kappa shape index (κ2) is 5.35. The summed E-state index contributed by atoms with van der Waals surface area (Å²) in [6.07, 6.45) is 1.27. The van der Waals surface area contributed by atoms with E-state index in [1.54, 1.807) is 17.9 Å². The monoisotopic (exact) mass is 264 g/mol. The van der Waals surface area contributed by atoms with Crippen LogP contribution in [-0.2, 0) is 19.9 Å². The van der Waals surface area contributed by atoms with E-state index in [1.165, 1.54) is 11.3 Å². The van der Waals surface area contributed by atoms with Gasteiger partial charge in [0, 0.05) is 24.2 Å². The number of ketones is 1. The van der Waals surface area contributed by atoms with Gasteiger partial charge in [-0.1, -0.05) is 6.92 Å². The molecule has 0 aliphatic heterocycles. The molecule has 2 rings (SSSR count). The van der Waals surface area contributed by atoms with Crippen LogP contribution < -0.4 is 4.74 Å². The minimum Gasteiger partial charge on any atom is -0.496 e. The van der Waals surface area contributed by atoms with Gasteiger partial charge in [-0.3, -0.25) is 9.48 Å². The lowest BCUT2D eigenvalue weighted by molar-refractivity contribution is 0.0994. The molecule has 0 bridgehead atoms. The first-order valence-electron chi connectivity index (χ1n) is 5.81. The summed E-state index contributed by atoms with van der Waals surface area (Å²) in [5, 5.41) is 6.18. The van der Waals surface area contributed by atoms with Gasteiger partial charge in [-0.25, -0.2) is 0 Å². The standard InChI is InChI=1S/C13H16N2O2S/c1-4-9-5-10(15(2)14-9)6-12(16)13-7-11(17-3)8-18-13/h5,7-8H,4,6H2,1-3H3. The molecule has 0 N–H and O–H groups in total. The third kappa shape index (κ3) is 2.61. The van der Waals surface area contributed by atoms with Crippen molar-refractivity contribution in [2.45, 2.75) is 19.8 Å². The van der Waals surface area contributed by atoms with E-state index in [0.29, 0.717) is 6.42 Å². The minimum absolute atomic E-state index is 0.106. The summed E-state index contributed by atoms with van der Waals surface area (Å²) < 4.78 is 6.86. The molecule has 0 aliphatic rings. The molecule has 0 aromatic carbocycles. The maximum absolute atomic E-state index is 12.1. The Balaban J connectivity index is 2.13. The number of ether oxygens (including phenoxy) is 1. The quantitative estimate of drug-likeness (QED) is 0.779. The Morgan fingerprint density at radius 3 is 2.83 bits per heavy atom. The van der Waals surface area contributed by atoms with Gasteiger partial charge in [-0.05, 0) is 12.5 Å². The Morgan fingerprint density at radius 1 is 1.50 bits per heavy atom. The largest absolute Gasteiger partial charge is 0.496 e. The zero-order valence-corrected chi connectivity index (χ0v) is 11.6. The first-order valence-corrected chi connectivity index (χ1v) is 6.69. The SMILES string of the molecule is CCc1cc(CC(=O)c2cc(OC)cs2)n(C)n1.